The van der Waals surface area contributed by atoms with Crippen molar-refractivity contribution < 1.29 is 29.3 Å². The largest absolute Gasteiger partial charge is 0.493 e. The number of nitrogens with zero attached hydrogens (tertiary/aromatic N) is 2. The molecule has 8 nitrogen and oxygen atoms in total. The van der Waals surface area contributed by atoms with E-state index in [2.05, 4.69) is 4.99 Å². The molecule has 3 rings (SSSR count). The van der Waals surface area contributed by atoms with E-state index < -0.39 is 11.9 Å². The van der Waals surface area contributed by atoms with Gasteiger partial charge in [0, 0.05) is 6.54 Å². The van der Waals surface area contributed by atoms with Gasteiger partial charge in [-0.3, -0.25) is 14.5 Å². The summed E-state index contributed by atoms with van der Waals surface area (Å²) in [5.41, 5.74) is 1.37. The average Bonchev–Trinajstić information content (AvgIpc) is 3.03. The van der Waals surface area contributed by atoms with Crippen LogP contribution in [-0.2, 0) is 9.59 Å². The van der Waals surface area contributed by atoms with Crippen LogP contribution in [-0.4, -0.2) is 51.3 Å². The van der Waals surface area contributed by atoms with Crippen molar-refractivity contribution in [1.29, 1.82) is 0 Å². The molecule has 160 valence electrons. The number of carbonyl (C=O) groups is 3. The van der Waals surface area contributed by atoms with Crippen LogP contribution < -0.4 is 4.74 Å². The second-order valence-electron chi connectivity index (χ2n) is 6.47. The molecule has 31 heavy (non-hydrogen) atoms. The first kappa shape index (κ1) is 22.1. The quantitative estimate of drug-likeness (QED) is 0.599. The number of carboxylic acids is 2. The van der Waals surface area contributed by atoms with Crippen molar-refractivity contribution in [1.82, 2.24) is 4.90 Å². The number of ether oxygens (including phenoxy) is 1. The molecule has 1 aliphatic heterocycles. The van der Waals surface area contributed by atoms with Crippen molar-refractivity contribution in [3.63, 3.8) is 0 Å². The number of thioether (sulfide) groups is 1. The number of benzene rings is 2. The van der Waals surface area contributed by atoms with Gasteiger partial charge >= 0.3 is 11.9 Å². The molecule has 1 amide bonds. The van der Waals surface area contributed by atoms with Crippen LogP contribution >= 0.6 is 11.8 Å². The lowest BCUT2D eigenvalue weighted by atomic mass is 10.2. The van der Waals surface area contributed by atoms with Crippen molar-refractivity contribution in [3.05, 3.63) is 64.6 Å². The fourth-order valence-electron chi connectivity index (χ4n) is 2.76. The molecule has 0 atom stereocenters. The van der Waals surface area contributed by atoms with E-state index in [4.69, 9.17) is 14.9 Å². The van der Waals surface area contributed by atoms with E-state index in [1.807, 2.05) is 6.92 Å². The van der Waals surface area contributed by atoms with E-state index in [0.717, 1.165) is 5.56 Å². The summed E-state index contributed by atoms with van der Waals surface area (Å²) in [6.45, 7) is 2.35. The number of carboxylic acid groups (broad SMARTS) is 2. The second-order valence-corrected chi connectivity index (χ2v) is 7.48. The van der Waals surface area contributed by atoms with Crippen LogP contribution in [0, 0.1) is 0 Å². The number of aromatic carboxylic acids is 1. The van der Waals surface area contributed by atoms with Gasteiger partial charge in [0.15, 0.2) is 5.17 Å². The summed E-state index contributed by atoms with van der Waals surface area (Å²) in [5.74, 6) is -1.60. The fourth-order valence-corrected chi connectivity index (χ4v) is 3.82. The summed E-state index contributed by atoms with van der Waals surface area (Å²) in [6, 6.07) is 13.2. The number of likely N-dealkylation sites (N-methyl/N-ethyl adjacent to an activating group) is 1. The molecule has 0 radical (unpaired) electrons. The van der Waals surface area contributed by atoms with Gasteiger partial charge in [-0.15, -0.1) is 0 Å². The van der Waals surface area contributed by atoms with Gasteiger partial charge < -0.3 is 14.9 Å². The van der Waals surface area contributed by atoms with Crippen LogP contribution in [0.2, 0.25) is 0 Å². The molecule has 2 aromatic carbocycles. The third-order valence-electron chi connectivity index (χ3n) is 4.28. The Hall–Kier alpha value is -3.59. The molecule has 9 heteroatoms. The molecular weight excluding hydrogens is 420 g/mol. The lowest BCUT2D eigenvalue weighted by Crippen LogP contribution is -2.28. The maximum Gasteiger partial charge on any atom is 0.335 e. The van der Waals surface area contributed by atoms with Crippen LogP contribution in [0.3, 0.4) is 0 Å². The maximum atomic E-state index is 12.8. The number of rotatable bonds is 8. The lowest BCUT2D eigenvalue weighted by molar-refractivity contribution is -0.137. The predicted molar refractivity (Wildman–Crippen MR) is 118 cm³/mol. The number of amides is 1. The minimum absolute atomic E-state index is 0.0818. The summed E-state index contributed by atoms with van der Waals surface area (Å²) < 4.78 is 5.36. The molecular formula is C22H20N2O6S. The van der Waals surface area contributed by atoms with E-state index in [9.17, 15) is 14.4 Å². The standard InChI is InChI=1S/C22H20N2O6S/c1-2-24-20(27)18(12-14-6-8-17(9-7-14)30-11-10-19(25)26)31-22(24)23-16-5-3-4-15(13-16)21(28)29/h3-9,12-13H,2,10-11H2,1H3,(H,25,26)(H,28,29)/b18-12-,23-22?. The summed E-state index contributed by atoms with van der Waals surface area (Å²) >= 11 is 1.22. The number of aliphatic carboxylic acids is 1. The van der Waals surface area contributed by atoms with Crippen molar-refractivity contribution in [3.8, 4) is 5.75 Å². The van der Waals surface area contributed by atoms with Crippen molar-refractivity contribution in [2.45, 2.75) is 13.3 Å². The predicted octanol–water partition coefficient (Wildman–Crippen LogP) is 3.86. The highest BCUT2D eigenvalue weighted by atomic mass is 32.2. The minimum atomic E-state index is -1.04. The molecule has 0 saturated carbocycles. The lowest BCUT2D eigenvalue weighted by Gasteiger charge is -2.12. The highest BCUT2D eigenvalue weighted by molar-refractivity contribution is 8.18. The Morgan fingerprint density at radius 3 is 2.55 bits per heavy atom. The average molecular weight is 440 g/mol. The van der Waals surface area contributed by atoms with Crippen LogP contribution in [0.1, 0.15) is 29.3 Å². The van der Waals surface area contributed by atoms with E-state index in [0.29, 0.717) is 28.1 Å². The maximum absolute atomic E-state index is 12.8. The number of hydrogen-bond acceptors (Lipinski definition) is 6. The van der Waals surface area contributed by atoms with E-state index in [1.54, 1.807) is 42.5 Å². The normalized spacial score (nSPS) is 16.2. The Labute approximate surface area is 182 Å². The van der Waals surface area contributed by atoms with Gasteiger partial charge in [-0.05, 0) is 60.7 Å². The summed E-state index contributed by atoms with van der Waals surface area (Å²) in [6.07, 6.45) is 1.66. The van der Waals surface area contributed by atoms with Gasteiger partial charge in [-0.2, -0.15) is 0 Å². The molecule has 1 heterocycles. The zero-order chi connectivity index (χ0) is 22.4. The molecule has 0 aliphatic carbocycles. The van der Waals surface area contributed by atoms with Crippen LogP contribution in [0.5, 0.6) is 5.75 Å². The number of carbonyl (C=O) groups excluding carboxylic acids is 1. The van der Waals surface area contributed by atoms with Gasteiger partial charge in [0.05, 0.1) is 29.2 Å². The van der Waals surface area contributed by atoms with Crippen molar-refractivity contribution in [2.75, 3.05) is 13.2 Å². The Bertz CT molecular complexity index is 1060. The Kier molecular flexibility index (Phi) is 7.09. The first-order chi connectivity index (χ1) is 14.9. The first-order valence-corrected chi connectivity index (χ1v) is 10.3. The van der Waals surface area contributed by atoms with Gasteiger partial charge in [-0.1, -0.05) is 18.2 Å². The smallest absolute Gasteiger partial charge is 0.335 e. The molecule has 0 bridgehead atoms. The Balaban J connectivity index is 1.78. The monoisotopic (exact) mass is 440 g/mol. The van der Waals surface area contributed by atoms with Crippen LogP contribution in [0.25, 0.3) is 6.08 Å². The number of hydrogen-bond donors (Lipinski definition) is 2. The summed E-state index contributed by atoms with van der Waals surface area (Å²) in [5, 5.41) is 18.3. The minimum Gasteiger partial charge on any atom is -0.493 e. The molecule has 0 aromatic heterocycles. The van der Waals surface area contributed by atoms with Crippen molar-refractivity contribution >= 4 is 46.5 Å². The van der Waals surface area contributed by atoms with Crippen molar-refractivity contribution in [2.24, 2.45) is 4.99 Å². The van der Waals surface area contributed by atoms with E-state index in [-0.39, 0.29) is 24.5 Å². The molecule has 0 unspecified atom stereocenters. The second kappa shape index (κ2) is 9.94. The third kappa shape index (κ3) is 5.73. The summed E-state index contributed by atoms with van der Waals surface area (Å²) in [4.78, 5) is 41.0. The molecule has 1 fully saturated rings. The zero-order valence-corrected chi connectivity index (χ0v) is 17.5. The Morgan fingerprint density at radius 2 is 1.90 bits per heavy atom. The molecule has 0 spiro atoms. The topological polar surface area (TPSA) is 117 Å². The Morgan fingerprint density at radius 1 is 1.16 bits per heavy atom. The van der Waals surface area contributed by atoms with Crippen LogP contribution in [0.15, 0.2) is 58.4 Å². The fraction of sp³-hybridized carbons (Fsp3) is 0.182. The molecule has 2 N–H and O–H groups in total. The summed E-state index contributed by atoms with van der Waals surface area (Å²) in [7, 11) is 0. The highest BCUT2D eigenvalue weighted by Gasteiger charge is 2.32. The molecule has 2 aromatic rings. The van der Waals surface area contributed by atoms with E-state index >= 15 is 0 Å². The first-order valence-electron chi connectivity index (χ1n) is 9.45. The van der Waals surface area contributed by atoms with Gasteiger partial charge in [-0.25, -0.2) is 9.79 Å². The molecule has 1 saturated heterocycles. The number of aliphatic imine (C=N–C) groups is 1. The highest BCUT2D eigenvalue weighted by Crippen LogP contribution is 2.34. The van der Waals surface area contributed by atoms with Crippen LogP contribution in [0.4, 0.5) is 5.69 Å². The number of amidine groups is 1. The van der Waals surface area contributed by atoms with Gasteiger partial charge in [0.2, 0.25) is 0 Å². The van der Waals surface area contributed by atoms with E-state index in [1.165, 1.54) is 28.8 Å². The van der Waals surface area contributed by atoms with Gasteiger partial charge in [0.25, 0.3) is 5.91 Å². The zero-order valence-electron chi connectivity index (χ0n) is 16.6. The SMILES string of the molecule is CCN1C(=O)/C(=C/c2ccc(OCCC(=O)O)cc2)SC1=Nc1cccc(C(=O)O)c1. The van der Waals surface area contributed by atoms with Gasteiger partial charge in [0.1, 0.15) is 5.75 Å². The molecule has 1 aliphatic rings. The third-order valence-corrected chi connectivity index (χ3v) is 5.29.